The van der Waals surface area contributed by atoms with Crippen molar-refractivity contribution >= 4 is 29.0 Å². The molecule has 1 heterocycles. The first-order valence-electron chi connectivity index (χ1n) is 5.20. The number of aliphatic imine (C=N–C) groups is 1. The molecule has 0 amide bonds. The van der Waals surface area contributed by atoms with Crippen LogP contribution in [0.25, 0.3) is 0 Å². The van der Waals surface area contributed by atoms with Crippen molar-refractivity contribution in [2.75, 3.05) is 5.75 Å². The van der Waals surface area contributed by atoms with E-state index in [0.717, 1.165) is 0 Å². The lowest BCUT2D eigenvalue weighted by molar-refractivity contribution is -0.384. The zero-order valence-electron chi connectivity index (χ0n) is 9.31. The molecule has 1 aliphatic rings. The Balaban J connectivity index is 1.88. The predicted octanol–water partition coefficient (Wildman–Crippen LogP) is 1.78. The second-order valence-corrected chi connectivity index (χ2v) is 4.51. The Morgan fingerprint density at radius 1 is 1.50 bits per heavy atom. The highest BCUT2D eigenvalue weighted by Crippen LogP contribution is 2.15. The number of nitro benzene ring substituents is 1. The van der Waals surface area contributed by atoms with Crippen LogP contribution in [0.3, 0.4) is 0 Å². The van der Waals surface area contributed by atoms with Gasteiger partial charge in [0, 0.05) is 17.9 Å². The van der Waals surface area contributed by atoms with Crippen molar-refractivity contribution in [2.45, 2.75) is 12.6 Å². The maximum atomic E-state index is 11.5. The molecule has 0 saturated heterocycles. The van der Waals surface area contributed by atoms with Crippen LogP contribution in [0.5, 0.6) is 0 Å². The van der Waals surface area contributed by atoms with E-state index in [1.807, 2.05) is 0 Å². The van der Waals surface area contributed by atoms with Gasteiger partial charge in [-0.15, -0.1) is 11.8 Å². The SMILES string of the molecule is O=C(OCc1ccc([N+](=O)[O-])cc1)C1CSC=N1. The average molecular weight is 266 g/mol. The molecule has 0 fully saturated rings. The number of thioether (sulfide) groups is 1. The molecule has 2 rings (SSSR count). The number of hydrogen-bond acceptors (Lipinski definition) is 6. The fraction of sp³-hybridized carbons (Fsp3) is 0.273. The van der Waals surface area contributed by atoms with E-state index in [9.17, 15) is 14.9 Å². The minimum Gasteiger partial charge on any atom is -0.459 e. The number of ether oxygens (including phenoxy) is 1. The summed E-state index contributed by atoms with van der Waals surface area (Å²) < 4.78 is 5.08. The minimum absolute atomic E-state index is 0.0156. The van der Waals surface area contributed by atoms with Crippen LogP contribution in [-0.4, -0.2) is 28.2 Å². The van der Waals surface area contributed by atoms with Crippen LogP contribution in [0, 0.1) is 10.1 Å². The van der Waals surface area contributed by atoms with Crippen molar-refractivity contribution in [2.24, 2.45) is 4.99 Å². The van der Waals surface area contributed by atoms with Gasteiger partial charge in [0.15, 0.2) is 6.04 Å². The van der Waals surface area contributed by atoms with Gasteiger partial charge in [-0.05, 0) is 17.7 Å². The van der Waals surface area contributed by atoms with Gasteiger partial charge >= 0.3 is 5.97 Å². The molecule has 1 aromatic rings. The fourth-order valence-electron chi connectivity index (χ4n) is 1.39. The first-order valence-corrected chi connectivity index (χ1v) is 6.25. The van der Waals surface area contributed by atoms with E-state index in [0.29, 0.717) is 11.3 Å². The molecule has 0 N–H and O–H groups in total. The maximum Gasteiger partial charge on any atom is 0.332 e. The summed E-state index contributed by atoms with van der Waals surface area (Å²) in [6.07, 6.45) is 0. The molecule has 1 unspecified atom stereocenters. The number of rotatable bonds is 4. The average Bonchev–Trinajstić information content (AvgIpc) is 2.90. The molecule has 0 saturated carbocycles. The van der Waals surface area contributed by atoms with Gasteiger partial charge in [0.1, 0.15) is 6.61 Å². The number of non-ortho nitro benzene ring substituents is 1. The lowest BCUT2D eigenvalue weighted by Crippen LogP contribution is -2.21. The molecule has 1 aliphatic heterocycles. The molecule has 7 heteroatoms. The quantitative estimate of drug-likeness (QED) is 0.471. The van der Waals surface area contributed by atoms with Gasteiger partial charge in [-0.25, -0.2) is 4.79 Å². The molecule has 18 heavy (non-hydrogen) atoms. The van der Waals surface area contributed by atoms with Crippen molar-refractivity contribution in [1.29, 1.82) is 0 Å². The third-order valence-electron chi connectivity index (χ3n) is 2.37. The van der Waals surface area contributed by atoms with Crippen LogP contribution in [0.4, 0.5) is 5.69 Å². The zero-order chi connectivity index (χ0) is 13.0. The first kappa shape index (κ1) is 12.6. The molecule has 1 atom stereocenters. The second-order valence-electron chi connectivity index (χ2n) is 3.63. The fourth-order valence-corrected chi connectivity index (χ4v) is 2.11. The Hall–Kier alpha value is -1.89. The standard InChI is InChI=1S/C11H10N2O4S/c14-11(10-6-18-7-12-10)17-5-8-1-3-9(4-2-8)13(15)16/h1-4,7,10H,5-6H2. The van der Waals surface area contributed by atoms with Crippen molar-refractivity contribution in [3.63, 3.8) is 0 Å². The highest BCUT2D eigenvalue weighted by molar-refractivity contribution is 8.12. The Kier molecular flexibility index (Phi) is 3.93. The first-order chi connectivity index (χ1) is 8.66. The number of nitro groups is 1. The number of benzene rings is 1. The van der Waals surface area contributed by atoms with Crippen molar-refractivity contribution in [3.8, 4) is 0 Å². The van der Waals surface area contributed by atoms with Gasteiger partial charge in [0.2, 0.25) is 0 Å². The Bertz CT molecular complexity index is 486. The van der Waals surface area contributed by atoms with Crippen molar-refractivity contribution in [3.05, 3.63) is 39.9 Å². The number of esters is 1. The van der Waals surface area contributed by atoms with Gasteiger partial charge < -0.3 is 4.74 Å². The predicted molar refractivity (Wildman–Crippen MR) is 67.6 cm³/mol. The summed E-state index contributed by atoms with van der Waals surface area (Å²) in [5.41, 5.74) is 2.36. The van der Waals surface area contributed by atoms with Crippen molar-refractivity contribution in [1.82, 2.24) is 0 Å². The van der Waals surface area contributed by atoms with E-state index in [2.05, 4.69) is 4.99 Å². The van der Waals surface area contributed by atoms with Crippen LogP contribution >= 0.6 is 11.8 Å². The highest BCUT2D eigenvalue weighted by atomic mass is 32.2. The molecule has 0 bridgehead atoms. The molecule has 0 spiro atoms. The van der Waals surface area contributed by atoms with Gasteiger partial charge in [0.05, 0.1) is 10.5 Å². The lowest BCUT2D eigenvalue weighted by atomic mass is 10.2. The Labute approximate surface area is 107 Å². The van der Waals surface area contributed by atoms with Gasteiger partial charge in [-0.1, -0.05) is 0 Å². The number of hydrogen-bond donors (Lipinski definition) is 0. The summed E-state index contributed by atoms with van der Waals surface area (Å²) >= 11 is 1.47. The second kappa shape index (κ2) is 5.63. The van der Waals surface area contributed by atoms with Crippen LogP contribution in [-0.2, 0) is 16.1 Å². The Morgan fingerprint density at radius 2 is 2.22 bits per heavy atom. The molecule has 94 valence electrons. The minimum atomic E-state index is -0.472. The van der Waals surface area contributed by atoms with Crippen LogP contribution in [0.2, 0.25) is 0 Å². The summed E-state index contributed by atoms with van der Waals surface area (Å²) in [5.74, 6) is 0.244. The number of carbonyl (C=O) groups is 1. The van der Waals surface area contributed by atoms with Crippen LogP contribution < -0.4 is 0 Å². The van der Waals surface area contributed by atoms with E-state index in [1.54, 1.807) is 17.7 Å². The van der Waals surface area contributed by atoms with E-state index in [4.69, 9.17) is 4.74 Å². The smallest absolute Gasteiger partial charge is 0.332 e. The highest BCUT2D eigenvalue weighted by Gasteiger charge is 2.21. The largest absolute Gasteiger partial charge is 0.459 e. The summed E-state index contributed by atoms with van der Waals surface area (Å²) in [4.78, 5) is 25.5. The Morgan fingerprint density at radius 3 is 2.78 bits per heavy atom. The third-order valence-corrected chi connectivity index (χ3v) is 3.15. The topological polar surface area (TPSA) is 81.8 Å². The molecule has 0 aliphatic carbocycles. The van der Waals surface area contributed by atoms with E-state index >= 15 is 0 Å². The van der Waals surface area contributed by atoms with Crippen LogP contribution in [0.1, 0.15) is 5.56 Å². The summed E-state index contributed by atoms with van der Waals surface area (Å²) in [6.45, 7) is 0.105. The van der Waals surface area contributed by atoms with E-state index in [1.165, 1.54) is 23.9 Å². The normalized spacial score (nSPS) is 17.7. The lowest BCUT2D eigenvalue weighted by Gasteiger charge is -2.07. The number of carbonyl (C=O) groups excluding carboxylic acids is 1. The van der Waals surface area contributed by atoms with E-state index < -0.39 is 11.0 Å². The summed E-state index contributed by atoms with van der Waals surface area (Å²) in [7, 11) is 0. The number of nitrogens with zero attached hydrogens (tertiary/aromatic N) is 2. The van der Waals surface area contributed by atoms with Gasteiger partial charge in [0.25, 0.3) is 5.69 Å². The summed E-state index contributed by atoms with van der Waals surface area (Å²) in [6, 6.07) is 5.48. The molecule has 6 nitrogen and oxygen atoms in total. The maximum absolute atomic E-state index is 11.5. The van der Waals surface area contributed by atoms with Gasteiger partial charge in [-0.2, -0.15) is 0 Å². The molecule has 0 radical (unpaired) electrons. The zero-order valence-corrected chi connectivity index (χ0v) is 10.1. The van der Waals surface area contributed by atoms with Crippen molar-refractivity contribution < 1.29 is 14.5 Å². The molecular formula is C11H10N2O4S. The molecular weight excluding hydrogens is 256 g/mol. The molecule has 0 aromatic heterocycles. The summed E-state index contributed by atoms with van der Waals surface area (Å²) in [5, 5.41) is 10.5. The van der Waals surface area contributed by atoms with E-state index in [-0.39, 0.29) is 18.3 Å². The monoisotopic (exact) mass is 266 g/mol. The van der Waals surface area contributed by atoms with Gasteiger partial charge in [-0.3, -0.25) is 15.1 Å². The van der Waals surface area contributed by atoms with Crippen LogP contribution in [0.15, 0.2) is 29.3 Å². The molecule has 1 aromatic carbocycles. The third kappa shape index (κ3) is 3.07.